The van der Waals surface area contributed by atoms with E-state index < -0.39 is 35.9 Å². The minimum atomic E-state index is -0.933. The van der Waals surface area contributed by atoms with Crippen LogP contribution in [0.4, 0.5) is 0 Å². The number of ether oxygens (including phenoxy) is 1. The van der Waals surface area contributed by atoms with Crippen LogP contribution in [0.3, 0.4) is 0 Å². The van der Waals surface area contributed by atoms with Gasteiger partial charge in [0.15, 0.2) is 0 Å². The highest BCUT2D eigenvalue weighted by molar-refractivity contribution is 9.09. The fraction of sp³-hybridized carbons (Fsp3) is 0.440. The van der Waals surface area contributed by atoms with Crippen molar-refractivity contribution in [3.8, 4) is 0 Å². The van der Waals surface area contributed by atoms with Crippen molar-refractivity contribution in [3.05, 3.63) is 48.0 Å². The first kappa shape index (κ1) is 27.3. The number of fused-ring (bicyclic) bond motifs is 1. The number of amides is 3. The van der Waals surface area contributed by atoms with Crippen LogP contribution in [0.25, 0.3) is 10.8 Å². The van der Waals surface area contributed by atoms with Crippen LogP contribution in [0, 0.1) is 5.92 Å². The second-order valence-electron chi connectivity index (χ2n) is 8.22. The molecule has 0 bridgehead atoms. The number of carbonyl (C=O) groups is 4. The molecule has 8 nitrogen and oxygen atoms in total. The molecule has 0 heterocycles. The molecule has 34 heavy (non-hydrogen) atoms. The van der Waals surface area contributed by atoms with Gasteiger partial charge in [-0.1, -0.05) is 78.7 Å². The van der Waals surface area contributed by atoms with Crippen LogP contribution in [0.2, 0.25) is 0 Å². The van der Waals surface area contributed by atoms with Gasteiger partial charge in [-0.2, -0.15) is 0 Å². The standard InChI is InChI=1S/C25H32BrN3O5/c1-5-15(2)22(29-23(31)16(3)27-21(30)14-26)24(32)28-20(25(33)34-4)13-18-11-8-10-17-9-6-7-12-19(17)18/h6-12,15-16,20,22H,5,13-14H2,1-4H3,(H,27,30)(H,28,32)(H,29,31)/t15-,16-,20?,22-/m0/s1. The van der Waals surface area contributed by atoms with Crippen LogP contribution < -0.4 is 16.0 Å². The molecule has 0 aliphatic heterocycles. The Bertz CT molecular complexity index is 1020. The van der Waals surface area contributed by atoms with E-state index in [0.29, 0.717) is 6.42 Å². The molecule has 0 fully saturated rings. The van der Waals surface area contributed by atoms with Gasteiger partial charge in [0.25, 0.3) is 0 Å². The van der Waals surface area contributed by atoms with Gasteiger partial charge >= 0.3 is 5.97 Å². The van der Waals surface area contributed by atoms with Crippen molar-refractivity contribution in [2.24, 2.45) is 5.92 Å². The number of methoxy groups -OCH3 is 1. The van der Waals surface area contributed by atoms with Gasteiger partial charge in [-0.25, -0.2) is 4.79 Å². The van der Waals surface area contributed by atoms with Crippen molar-refractivity contribution in [3.63, 3.8) is 0 Å². The Balaban J connectivity index is 2.22. The van der Waals surface area contributed by atoms with Gasteiger partial charge in [-0.15, -0.1) is 0 Å². The SMILES string of the molecule is CC[C@H](C)[C@H](NC(=O)[C@H](C)NC(=O)CBr)C(=O)NC(Cc1cccc2ccccc12)C(=O)OC. The number of benzene rings is 2. The highest BCUT2D eigenvalue weighted by Crippen LogP contribution is 2.20. The number of hydrogen-bond donors (Lipinski definition) is 3. The van der Waals surface area contributed by atoms with E-state index in [9.17, 15) is 19.2 Å². The van der Waals surface area contributed by atoms with Gasteiger partial charge < -0.3 is 20.7 Å². The highest BCUT2D eigenvalue weighted by Gasteiger charge is 2.31. The fourth-order valence-electron chi connectivity index (χ4n) is 3.61. The zero-order valence-corrected chi connectivity index (χ0v) is 21.5. The highest BCUT2D eigenvalue weighted by atomic mass is 79.9. The van der Waals surface area contributed by atoms with E-state index in [1.165, 1.54) is 7.11 Å². The Morgan fingerprint density at radius 3 is 2.26 bits per heavy atom. The first-order valence-corrected chi connectivity index (χ1v) is 12.3. The van der Waals surface area contributed by atoms with Gasteiger partial charge in [0.2, 0.25) is 17.7 Å². The second kappa shape index (κ2) is 13.1. The lowest BCUT2D eigenvalue weighted by molar-refractivity contribution is -0.145. The van der Waals surface area contributed by atoms with Crippen molar-refractivity contribution < 1.29 is 23.9 Å². The Morgan fingerprint density at radius 1 is 0.941 bits per heavy atom. The van der Waals surface area contributed by atoms with E-state index >= 15 is 0 Å². The molecule has 2 rings (SSSR count). The summed E-state index contributed by atoms with van der Waals surface area (Å²) >= 11 is 3.04. The second-order valence-corrected chi connectivity index (χ2v) is 8.78. The Kier molecular flexibility index (Phi) is 10.5. The Labute approximate surface area is 208 Å². The van der Waals surface area contributed by atoms with Crippen molar-refractivity contribution >= 4 is 50.4 Å². The van der Waals surface area contributed by atoms with Gasteiger partial charge in [0, 0.05) is 6.42 Å². The molecule has 184 valence electrons. The number of halogens is 1. The molecule has 3 N–H and O–H groups in total. The summed E-state index contributed by atoms with van der Waals surface area (Å²) in [5, 5.41) is 10.1. The van der Waals surface area contributed by atoms with E-state index in [-0.39, 0.29) is 23.6 Å². The lowest BCUT2D eigenvalue weighted by atomic mass is 9.96. The third-order valence-electron chi connectivity index (χ3n) is 5.79. The molecular weight excluding hydrogens is 502 g/mol. The fourth-order valence-corrected chi connectivity index (χ4v) is 3.78. The summed E-state index contributed by atoms with van der Waals surface area (Å²) in [5.41, 5.74) is 0.893. The third kappa shape index (κ3) is 7.28. The first-order valence-electron chi connectivity index (χ1n) is 11.2. The van der Waals surface area contributed by atoms with Gasteiger partial charge in [0.1, 0.15) is 18.1 Å². The molecule has 2 aromatic rings. The maximum Gasteiger partial charge on any atom is 0.328 e. The van der Waals surface area contributed by atoms with E-state index in [2.05, 4.69) is 31.9 Å². The molecule has 2 aromatic carbocycles. The normalized spacial score (nSPS) is 14.4. The molecule has 0 aromatic heterocycles. The van der Waals surface area contributed by atoms with Crippen LogP contribution in [0.1, 0.15) is 32.8 Å². The van der Waals surface area contributed by atoms with Crippen molar-refractivity contribution in [1.82, 2.24) is 16.0 Å². The molecule has 0 radical (unpaired) electrons. The lowest BCUT2D eigenvalue weighted by Crippen LogP contribution is -2.57. The number of nitrogens with one attached hydrogen (secondary N) is 3. The van der Waals surface area contributed by atoms with Crippen LogP contribution >= 0.6 is 15.9 Å². The smallest absolute Gasteiger partial charge is 0.328 e. The van der Waals surface area contributed by atoms with E-state index in [1.807, 2.05) is 56.3 Å². The average molecular weight is 534 g/mol. The van der Waals surface area contributed by atoms with E-state index in [4.69, 9.17) is 4.74 Å². The van der Waals surface area contributed by atoms with Gasteiger partial charge in [-0.05, 0) is 29.2 Å². The number of hydrogen-bond acceptors (Lipinski definition) is 5. The minimum Gasteiger partial charge on any atom is -0.467 e. The summed E-state index contributed by atoms with van der Waals surface area (Å²) in [6.07, 6.45) is 0.853. The minimum absolute atomic E-state index is 0.0644. The zero-order valence-electron chi connectivity index (χ0n) is 19.9. The number of alkyl halides is 1. The Morgan fingerprint density at radius 2 is 1.62 bits per heavy atom. The number of esters is 1. The summed E-state index contributed by atoms with van der Waals surface area (Å²) in [7, 11) is 1.27. The average Bonchev–Trinajstić information content (AvgIpc) is 2.85. The zero-order chi connectivity index (χ0) is 25.3. The van der Waals surface area contributed by atoms with Gasteiger partial charge in [-0.3, -0.25) is 14.4 Å². The largest absolute Gasteiger partial charge is 0.467 e. The first-order chi connectivity index (χ1) is 16.2. The summed E-state index contributed by atoms with van der Waals surface area (Å²) in [6, 6.07) is 10.9. The van der Waals surface area contributed by atoms with Crippen LogP contribution in [0.15, 0.2) is 42.5 Å². The van der Waals surface area contributed by atoms with Gasteiger partial charge in [0.05, 0.1) is 12.4 Å². The summed E-state index contributed by atoms with van der Waals surface area (Å²) in [6.45, 7) is 5.28. The molecule has 4 atom stereocenters. The molecule has 9 heteroatoms. The van der Waals surface area contributed by atoms with E-state index in [1.54, 1.807) is 6.92 Å². The molecular formula is C25H32BrN3O5. The predicted molar refractivity (Wildman–Crippen MR) is 134 cm³/mol. The molecule has 1 unspecified atom stereocenters. The maximum absolute atomic E-state index is 13.2. The maximum atomic E-state index is 13.2. The van der Waals surface area contributed by atoms with Crippen LogP contribution in [-0.4, -0.2) is 54.3 Å². The van der Waals surface area contributed by atoms with Crippen molar-refractivity contribution in [2.45, 2.75) is 51.7 Å². The number of rotatable bonds is 11. The molecule has 0 aliphatic carbocycles. The van der Waals surface area contributed by atoms with Crippen LogP contribution in [0.5, 0.6) is 0 Å². The molecule has 0 aliphatic rings. The molecule has 0 saturated carbocycles. The predicted octanol–water partition coefficient (Wildman–Crippen LogP) is 2.47. The van der Waals surface area contributed by atoms with E-state index in [0.717, 1.165) is 16.3 Å². The van der Waals surface area contributed by atoms with Crippen molar-refractivity contribution in [1.29, 1.82) is 0 Å². The number of carbonyl (C=O) groups excluding carboxylic acids is 4. The van der Waals surface area contributed by atoms with Crippen molar-refractivity contribution in [2.75, 3.05) is 12.4 Å². The summed E-state index contributed by atoms with van der Waals surface area (Å²) in [5.74, 6) is -2.10. The summed E-state index contributed by atoms with van der Waals surface area (Å²) < 4.78 is 4.95. The van der Waals surface area contributed by atoms with Crippen LogP contribution in [-0.2, 0) is 30.3 Å². The third-order valence-corrected chi connectivity index (χ3v) is 6.30. The molecule has 0 saturated heterocycles. The quantitative estimate of drug-likeness (QED) is 0.303. The summed E-state index contributed by atoms with van der Waals surface area (Å²) in [4.78, 5) is 50.0. The topological polar surface area (TPSA) is 114 Å². The monoisotopic (exact) mass is 533 g/mol. The molecule has 3 amide bonds. The Hall–Kier alpha value is -2.94. The molecule has 0 spiro atoms. The lowest BCUT2D eigenvalue weighted by Gasteiger charge is -2.27.